The van der Waals surface area contributed by atoms with E-state index in [1.54, 1.807) is 35.4 Å². The van der Waals surface area contributed by atoms with Gasteiger partial charge in [0, 0.05) is 24.1 Å². The molecule has 4 rings (SSSR count). The summed E-state index contributed by atoms with van der Waals surface area (Å²) in [6, 6.07) is 9.88. The first-order valence-corrected chi connectivity index (χ1v) is 10.6. The lowest BCUT2D eigenvalue weighted by Gasteiger charge is -2.08. The monoisotopic (exact) mass is 455 g/mol. The highest BCUT2D eigenvalue weighted by Gasteiger charge is 2.18. The number of nitrogens with two attached hydrogens (primary N) is 1. The Bertz CT molecular complexity index is 1380. The van der Waals surface area contributed by atoms with Gasteiger partial charge in [-0.15, -0.1) is 0 Å². The first-order valence-electron chi connectivity index (χ1n) is 9.16. The van der Waals surface area contributed by atoms with Crippen molar-refractivity contribution in [3.05, 3.63) is 61.2 Å². The maximum absolute atomic E-state index is 12.6. The van der Waals surface area contributed by atoms with Crippen LogP contribution in [0.15, 0.2) is 66.1 Å². The van der Waals surface area contributed by atoms with Crippen molar-refractivity contribution in [1.82, 2.24) is 24.8 Å². The summed E-state index contributed by atoms with van der Waals surface area (Å²) >= 11 is 0. The van der Waals surface area contributed by atoms with Crippen LogP contribution in [-0.4, -0.2) is 46.4 Å². The number of H-pyrrole nitrogens is 1. The van der Waals surface area contributed by atoms with E-state index in [0.717, 1.165) is 5.69 Å². The van der Waals surface area contributed by atoms with Crippen LogP contribution < -0.4 is 20.6 Å². The van der Waals surface area contributed by atoms with E-state index in [9.17, 15) is 18.0 Å². The molecule has 0 radical (unpaired) electrons. The highest BCUT2D eigenvalue weighted by molar-refractivity contribution is 7.87. The summed E-state index contributed by atoms with van der Waals surface area (Å²) in [5, 5.41) is 4.66. The number of imidazole rings is 2. The first kappa shape index (κ1) is 20.9. The quantitative estimate of drug-likeness (QED) is 0.302. The molecular weight excluding hydrogens is 438 g/mol. The zero-order valence-electron chi connectivity index (χ0n) is 16.3. The molecule has 2 aromatic heterocycles. The molecule has 0 unspecified atom stereocenters. The van der Waals surface area contributed by atoms with Crippen molar-refractivity contribution in [3.8, 4) is 11.4 Å². The fourth-order valence-electron chi connectivity index (χ4n) is 2.79. The van der Waals surface area contributed by atoms with Crippen LogP contribution in [-0.2, 0) is 14.9 Å². The molecule has 0 fully saturated rings. The summed E-state index contributed by atoms with van der Waals surface area (Å²) in [7, 11) is -4.08. The van der Waals surface area contributed by atoms with Crippen molar-refractivity contribution in [2.75, 3.05) is 11.9 Å². The van der Waals surface area contributed by atoms with Crippen molar-refractivity contribution in [2.45, 2.75) is 4.90 Å². The largest absolute Gasteiger partial charge is 0.379 e. The Labute approximate surface area is 181 Å². The van der Waals surface area contributed by atoms with Crippen molar-refractivity contribution in [2.24, 2.45) is 5.73 Å². The molecule has 2 heterocycles. The average Bonchev–Trinajstić information content (AvgIpc) is 3.41. The van der Waals surface area contributed by atoms with Crippen LogP contribution in [0, 0.1) is 0 Å². The second-order valence-corrected chi connectivity index (χ2v) is 8.09. The number of rotatable bonds is 7. The van der Waals surface area contributed by atoms with Gasteiger partial charge in [-0.1, -0.05) is 0 Å². The number of aromatic amines is 1. The Morgan fingerprint density at radius 2 is 1.94 bits per heavy atom. The maximum Gasteiger partial charge on any atom is 0.339 e. The van der Waals surface area contributed by atoms with Gasteiger partial charge in [-0.25, -0.2) is 14.8 Å². The highest BCUT2D eigenvalue weighted by atomic mass is 32.2. The fraction of sp³-hybridized carbons (Fsp3) is 0.0526. The molecule has 4 aromatic rings. The number of urea groups is 1. The van der Waals surface area contributed by atoms with Gasteiger partial charge >= 0.3 is 16.1 Å². The number of hydrogen-bond donors (Lipinski definition) is 4. The first-order chi connectivity index (χ1) is 15.3. The lowest BCUT2D eigenvalue weighted by molar-refractivity contribution is -0.117. The van der Waals surface area contributed by atoms with Gasteiger partial charge < -0.3 is 24.8 Å². The second-order valence-electron chi connectivity index (χ2n) is 6.54. The summed E-state index contributed by atoms with van der Waals surface area (Å²) in [4.78, 5) is 33.3. The van der Waals surface area contributed by atoms with Crippen LogP contribution in [0.3, 0.4) is 0 Å². The van der Waals surface area contributed by atoms with Gasteiger partial charge in [0.1, 0.15) is 10.6 Å². The normalized spacial score (nSPS) is 11.2. The van der Waals surface area contributed by atoms with E-state index in [0.29, 0.717) is 11.0 Å². The van der Waals surface area contributed by atoms with Crippen molar-refractivity contribution in [1.29, 1.82) is 0 Å². The van der Waals surface area contributed by atoms with Crippen LogP contribution >= 0.6 is 0 Å². The van der Waals surface area contributed by atoms with E-state index in [1.807, 2.05) is 0 Å². The van der Waals surface area contributed by atoms with Crippen molar-refractivity contribution >= 4 is 39.0 Å². The number of nitrogens with zero attached hydrogens (tertiary/aromatic N) is 3. The van der Waals surface area contributed by atoms with Crippen molar-refractivity contribution < 1.29 is 22.2 Å². The number of aromatic nitrogens is 4. The number of primary amides is 1. The molecule has 2 aromatic carbocycles. The summed E-state index contributed by atoms with van der Waals surface area (Å²) in [5.41, 5.74) is 6.60. The molecule has 0 aliphatic carbocycles. The molecule has 0 spiro atoms. The van der Waals surface area contributed by atoms with E-state index < -0.39 is 22.1 Å². The van der Waals surface area contributed by atoms with Crippen molar-refractivity contribution in [3.63, 3.8) is 0 Å². The predicted molar refractivity (Wildman–Crippen MR) is 114 cm³/mol. The van der Waals surface area contributed by atoms with E-state index >= 15 is 0 Å². The molecule has 0 saturated heterocycles. The van der Waals surface area contributed by atoms with Crippen LogP contribution in [0.25, 0.3) is 16.7 Å². The molecule has 0 bridgehead atoms. The minimum atomic E-state index is -4.08. The zero-order chi connectivity index (χ0) is 22.7. The standard InChI is InChI=1S/C19H17N7O5S/c20-17(27)10-22-19(28)25-18-23-15-6-3-13(9-16(15)24-18)31-32(29,30)14-4-1-12(2-5-14)26-8-7-21-11-26/h1-9,11H,10H2,(H2,20,27)(H3,22,23,24,25,28). The lowest BCUT2D eigenvalue weighted by atomic mass is 10.3. The number of benzene rings is 2. The predicted octanol–water partition coefficient (Wildman–Crippen LogP) is 1.12. The van der Waals surface area contributed by atoms with Gasteiger partial charge in [0.15, 0.2) is 0 Å². The maximum atomic E-state index is 12.6. The van der Waals surface area contributed by atoms with Gasteiger partial charge in [0.05, 0.1) is 23.9 Å². The Hall–Kier alpha value is -4.39. The summed E-state index contributed by atoms with van der Waals surface area (Å²) in [5.74, 6) is -0.536. The molecule has 12 nitrogen and oxygen atoms in total. The molecule has 0 aliphatic heterocycles. The Balaban J connectivity index is 1.48. The summed E-state index contributed by atoms with van der Waals surface area (Å²) < 4.78 is 32.3. The molecule has 5 N–H and O–H groups in total. The van der Waals surface area contributed by atoms with Crippen LogP contribution in [0.4, 0.5) is 10.7 Å². The minimum absolute atomic E-state index is 0.0143. The number of nitrogens with one attached hydrogen (secondary N) is 3. The molecule has 13 heteroatoms. The molecule has 0 aliphatic rings. The zero-order valence-corrected chi connectivity index (χ0v) is 17.2. The summed E-state index contributed by atoms with van der Waals surface area (Å²) in [6.45, 7) is -0.328. The average molecular weight is 455 g/mol. The third-order valence-electron chi connectivity index (χ3n) is 4.24. The number of fused-ring (bicyclic) bond motifs is 1. The SMILES string of the molecule is NC(=O)CNC(=O)Nc1nc2ccc(OS(=O)(=O)c3ccc(-n4ccnc4)cc3)cc2[nH]1. The molecule has 0 saturated carbocycles. The van der Waals surface area contributed by atoms with Gasteiger partial charge in [-0.05, 0) is 36.4 Å². The van der Waals surface area contributed by atoms with E-state index in [4.69, 9.17) is 9.92 Å². The molecule has 164 valence electrons. The van der Waals surface area contributed by atoms with Gasteiger partial charge in [0.25, 0.3) is 0 Å². The van der Waals surface area contributed by atoms with Crippen LogP contribution in [0.2, 0.25) is 0 Å². The van der Waals surface area contributed by atoms with Crippen LogP contribution in [0.5, 0.6) is 5.75 Å². The Morgan fingerprint density at radius 3 is 2.62 bits per heavy atom. The fourth-order valence-corrected chi connectivity index (χ4v) is 3.71. The number of anilines is 1. The molecular formula is C19H17N7O5S. The molecule has 32 heavy (non-hydrogen) atoms. The molecule has 3 amide bonds. The van der Waals surface area contributed by atoms with E-state index in [-0.39, 0.29) is 23.1 Å². The second kappa shape index (κ2) is 8.39. The van der Waals surface area contributed by atoms with Crippen LogP contribution in [0.1, 0.15) is 0 Å². The molecule has 0 atom stereocenters. The number of hydrogen-bond acceptors (Lipinski definition) is 7. The summed E-state index contributed by atoms with van der Waals surface area (Å²) in [6.07, 6.45) is 4.96. The number of amides is 3. The number of carbonyl (C=O) groups is 2. The Morgan fingerprint density at radius 1 is 1.16 bits per heavy atom. The third kappa shape index (κ3) is 4.67. The van der Waals surface area contributed by atoms with E-state index in [2.05, 4.69) is 25.6 Å². The highest BCUT2D eigenvalue weighted by Crippen LogP contribution is 2.24. The third-order valence-corrected chi connectivity index (χ3v) is 5.50. The Kier molecular flexibility index (Phi) is 5.47. The number of carbonyl (C=O) groups excluding carboxylic acids is 2. The lowest BCUT2D eigenvalue weighted by Crippen LogP contribution is -2.36. The minimum Gasteiger partial charge on any atom is -0.379 e. The van der Waals surface area contributed by atoms with E-state index in [1.165, 1.54) is 30.3 Å². The van der Waals surface area contributed by atoms with Gasteiger partial charge in [-0.3, -0.25) is 10.1 Å². The van der Waals surface area contributed by atoms with Gasteiger partial charge in [0.2, 0.25) is 11.9 Å². The van der Waals surface area contributed by atoms with Gasteiger partial charge in [-0.2, -0.15) is 8.42 Å². The topological polar surface area (TPSA) is 174 Å². The smallest absolute Gasteiger partial charge is 0.339 e.